The number of benzene rings is 1. The van der Waals surface area contributed by atoms with Crippen LogP contribution in [0.3, 0.4) is 0 Å². The van der Waals surface area contributed by atoms with E-state index in [2.05, 4.69) is 55.3 Å². The SMILES string of the molecule is CC(C)Oc1ccc(CN2CC3CNCC3C2C)cc1. The summed E-state index contributed by atoms with van der Waals surface area (Å²) in [6, 6.07) is 9.30. The van der Waals surface area contributed by atoms with Gasteiger partial charge in [0.05, 0.1) is 6.10 Å². The highest BCUT2D eigenvalue weighted by Crippen LogP contribution is 2.33. The Balaban J connectivity index is 1.61. The summed E-state index contributed by atoms with van der Waals surface area (Å²) in [7, 11) is 0. The van der Waals surface area contributed by atoms with Crippen LogP contribution in [0.5, 0.6) is 5.75 Å². The molecule has 3 nitrogen and oxygen atoms in total. The van der Waals surface area contributed by atoms with E-state index in [0.717, 1.165) is 24.1 Å². The molecule has 2 aliphatic heterocycles. The van der Waals surface area contributed by atoms with E-state index in [1.165, 1.54) is 25.2 Å². The molecule has 3 rings (SSSR count). The zero-order chi connectivity index (χ0) is 14.1. The first-order valence-corrected chi connectivity index (χ1v) is 7.84. The highest BCUT2D eigenvalue weighted by atomic mass is 16.5. The van der Waals surface area contributed by atoms with Crippen LogP contribution < -0.4 is 10.1 Å². The van der Waals surface area contributed by atoms with Crippen molar-refractivity contribution in [2.75, 3.05) is 19.6 Å². The molecule has 2 aliphatic rings. The lowest BCUT2D eigenvalue weighted by Gasteiger charge is -2.24. The van der Waals surface area contributed by atoms with Crippen LogP contribution in [0.2, 0.25) is 0 Å². The van der Waals surface area contributed by atoms with Crippen molar-refractivity contribution < 1.29 is 4.74 Å². The van der Waals surface area contributed by atoms with Crippen LogP contribution in [-0.4, -0.2) is 36.7 Å². The van der Waals surface area contributed by atoms with E-state index in [1.807, 2.05) is 0 Å². The molecular formula is C17H26N2O. The standard InChI is InChI=1S/C17H26N2O/c1-12(2)20-16-6-4-14(5-7-16)10-19-11-15-8-18-9-17(15)13(19)3/h4-7,12-13,15,17-18H,8-11H2,1-3H3. The molecule has 0 radical (unpaired) electrons. The molecule has 3 heteroatoms. The van der Waals surface area contributed by atoms with Crippen LogP contribution in [0.25, 0.3) is 0 Å². The van der Waals surface area contributed by atoms with E-state index in [4.69, 9.17) is 4.74 Å². The Kier molecular flexibility index (Phi) is 3.99. The molecule has 1 N–H and O–H groups in total. The number of hydrogen-bond acceptors (Lipinski definition) is 3. The molecule has 2 heterocycles. The third-order valence-corrected chi connectivity index (χ3v) is 4.74. The lowest BCUT2D eigenvalue weighted by Crippen LogP contribution is -2.32. The lowest BCUT2D eigenvalue weighted by molar-refractivity contribution is 0.230. The van der Waals surface area contributed by atoms with Gasteiger partial charge in [0.15, 0.2) is 0 Å². The molecule has 1 aromatic carbocycles. The van der Waals surface area contributed by atoms with Crippen LogP contribution in [0.4, 0.5) is 0 Å². The molecule has 3 atom stereocenters. The van der Waals surface area contributed by atoms with Gasteiger partial charge in [-0.2, -0.15) is 0 Å². The minimum atomic E-state index is 0.242. The van der Waals surface area contributed by atoms with Gasteiger partial charge in [0, 0.05) is 19.1 Å². The highest BCUT2D eigenvalue weighted by molar-refractivity contribution is 5.27. The fraction of sp³-hybridized carbons (Fsp3) is 0.647. The van der Waals surface area contributed by atoms with Gasteiger partial charge in [-0.15, -0.1) is 0 Å². The topological polar surface area (TPSA) is 24.5 Å². The zero-order valence-electron chi connectivity index (χ0n) is 12.8. The second kappa shape index (κ2) is 5.74. The van der Waals surface area contributed by atoms with E-state index < -0.39 is 0 Å². The van der Waals surface area contributed by atoms with Crippen LogP contribution in [-0.2, 0) is 6.54 Å². The normalized spacial score (nSPS) is 29.9. The molecule has 0 amide bonds. The average Bonchev–Trinajstić information content (AvgIpc) is 2.96. The Bertz CT molecular complexity index is 443. The fourth-order valence-corrected chi connectivity index (χ4v) is 3.64. The summed E-state index contributed by atoms with van der Waals surface area (Å²) < 4.78 is 5.70. The molecule has 20 heavy (non-hydrogen) atoms. The summed E-state index contributed by atoms with van der Waals surface area (Å²) in [6.07, 6.45) is 0.242. The number of likely N-dealkylation sites (tertiary alicyclic amines) is 1. The van der Waals surface area contributed by atoms with E-state index in [1.54, 1.807) is 0 Å². The zero-order valence-corrected chi connectivity index (χ0v) is 12.8. The van der Waals surface area contributed by atoms with E-state index in [-0.39, 0.29) is 6.10 Å². The summed E-state index contributed by atoms with van der Waals surface area (Å²) >= 11 is 0. The molecule has 110 valence electrons. The number of nitrogens with one attached hydrogen (secondary N) is 1. The number of nitrogens with zero attached hydrogens (tertiary/aromatic N) is 1. The molecule has 0 bridgehead atoms. The number of fused-ring (bicyclic) bond motifs is 1. The Hall–Kier alpha value is -1.06. The number of hydrogen-bond donors (Lipinski definition) is 1. The molecule has 2 fully saturated rings. The first kappa shape index (κ1) is 13.9. The van der Waals surface area contributed by atoms with Crippen LogP contribution >= 0.6 is 0 Å². The minimum Gasteiger partial charge on any atom is -0.491 e. The average molecular weight is 274 g/mol. The minimum absolute atomic E-state index is 0.242. The Morgan fingerprint density at radius 2 is 2.00 bits per heavy atom. The van der Waals surface area contributed by atoms with Crippen LogP contribution in [0, 0.1) is 11.8 Å². The molecule has 0 saturated carbocycles. The van der Waals surface area contributed by atoms with Gasteiger partial charge in [0.25, 0.3) is 0 Å². The van der Waals surface area contributed by atoms with E-state index in [0.29, 0.717) is 6.04 Å². The lowest BCUT2D eigenvalue weighted by atomic mass is 9.95. The highest BCUT2D eigenvalue weighted by Gasteiger charge is 2.41. The fourth-order valence-electron chi connectivity index (χ4n) is 3.64. The monoisotopic (exact) mass is 274 g/mol. The molecule has 0 spiro atoms. The molecule has 0 aromatic heterocycles. The molecule has 0 aliphatic carbocycles. The van der Waals surface area contributed by atoms with Gasteiger partial charge >= 0.3 is 0 Å². The van der Waals surface area contributed by atoms with Crippen LogP contribution in [0.15, 0.2) is 24.3 Å². The number of rotatable bonds is 4. The first-order chi connectivity index (χ1) is 9.63. The van der Waals surface area contributed by atoms with E-state index in [9.17, 15) is 0 Å². The van der Waals surface area contributed by atoms with Gasteiger partial charge in [-0.05, 0) is 63.4 Å². The predicted molar refractivity (Wildman–Crippen MR) is 81.9 cm³/mol. The summed E-state index contributed by atoms with van der Waals surface area (Å²) in [5.41, 5.74) is 1.39. The van der Waals surface area contributed by atoms with Crippen LogP contribution in [0.1, 0.15) is 26.3 Å². The van der Waals surface area contributed by atoms with Crippen molar-refractivity contribution in [1.82, 2.24) is 10.2 Å². The maximum absolute atomic E-state index is 5.70. The summed E-state index contributed by atoms with van der Waals surface area (Å²) in [5.74, 6) is 2.67. The van der Waals surface area contributed by atoms with Gasteiger partial charge in [0.1, 0.15) is 5.75 Å². The van der Waals surface area contributed by atoms with Crippen molar-refractivity contribution in [3.05, 3.63) is 29.8 Å². The van der Waals surface area contributed by atoms with Crippen molar-refractivity contribution in [2.45, 2.75) is 39.5 Å². The number of ether oxygens (including phenoxy) is 1. The van der Waals surface area contributed by atoms with Gasteiger partial charge in [0.2, 0.25) is 0 Å². The van der Waals surface area contributed by atoms with Gasteiger partial charge in [-0.1, -0.05) is 12.1 Å². The van der Waals surface area contributed by atoms with Gasteiger partial charge in [-0.25, -0.2) is 0 Å². The smallest absolute Gasteiger partial charge is 0.119 e. The second-order valence-electron chi connectivity index (χ2n) is 6.56. The predicted octanol–water partition coefficient (Wildman–Crippen LogP) is 2.51. The van der Waals surface area contributed by atoms with Gasteiger partial charge < -0.3 is 10.1 Å². The van der Waals surface area contributed by atoms with Crippen molar-refractivity contribution in [3.63, 3.8) is 0 Å². The Labute approximate surface area is 122 Å². The Morgan fingerprint density at radius 3 is 2.65 bits per heavy atom. The largest absolute Gasteiger partial charge is 0.491 e. The van der Waals surface area contributed by atoms with E-state index >= 15 is 0 Å². The molecular weight excluding hydrogens is 248 g/mol. The van der Waals surface area contributed by atoms with Gasteiger partial charge in [-0.3, -0.25) is 4.90 Å². The summed E-state index contributed by atoms with van der Waals surface area (Å²) in [6.45, 7) is 11.2. The molecule has 2 saturated heterocycles. The molecule has 1 aromatic rings. The van der Waals surface area contributed by atoms with Crippen molar-refractivity contribution in [3.8, 4) is 5.75 Å². The third kappa shape index (κ3) is 2.84. The second-order valence-corrected chi connectivity index (χ2v) is 6.56. The summed E-state index contributed by atoms with van der Waals surface area (Å²) in [5, 5.41) is 3.52. The first-order valence-electron chi connectivity index (χ1n) is 7.84. The quantitative estimate of drug-likeness (QED) is 0.913. The Morgan fingerprint density at radius 1 is 1.25 bits per heavy atom. The molecule has 3 unspecified atom stereocenters. The van der Waals surface area contributed by atoms with Crippen molar-refractivity contribution in [2.24, 2.45) is 11.8 Å². The maximum Gasteiger partial charge on any atom is 0.119 e. The third-order valence-electron chi connectivity index (χ3n) is 4.74. The van der Waals surface area contributed by atoms with Crippen molar-refractivity contribution in [1.29, 1.82) is 0 Å². The maximum atomic E-state index is 5.70. The van der Waals surface area contributed by atoms with Crippen molar-refractivity contribution >= 4 is 0 Å². The summed E-state index contributed by atoms with van der Waals surface area (Å²) in [4.78, 5) is 2.63.